The first-order valence-electron chi connectivity index (χ1n) is 7.21. The molecule has 3 heteroatoms. The molecule has 0 saturated carbocycles. The van der Waals surface area contributed by atoms with Gasteiger partial charge in [-0.15, -0.1) is 0 Å². The lowest BCUT2D eigenvalue weighted by Gasteiger charge is -2.33. The van der Waals surface area contributed by atoms with Gasteiger partial charge in [0.15, 0.2) is 0 Å². The molecule has 104 valence electrons. The van der Waals surface area contributed by atoms with Crippen molar-refractivity contribution in [3.05, 3.63) is 34.9 Å². The molecular formula is C16H22ClNO. The summed E-state index contributed by atoms with van der Waals surface area (Å²) < 4.78 is 0. The van der Waals surface area contributed by atoms with Gasteiger partial charge in [0.05, 0.1) is 0 Å². The van der Waals surface area contributed by atoms with Crippen LogP contribution in [0.15, 0.2) is 24.3 Å². The van der Waals surface area contributed by atoms with Crippen molar-refractivity contribution in [2.24, 2.45) is 0 Å². The van der Waals surface area contributed by atoms with Crippen molar-refractivity contribution in [2.75, 3.05) is 6.54 Å². The number of carbonyl (C=O) groups is 1. The van der Waals surface area contributed by atoms with E-state index >= 15 is 0 Å². The van der Waals surface area contributed by atoms with Crippen LogP contribution in [0.2, 0.25) is 5.02 Å². The van der Waals surface area contributed by atoms with Crippen LogP contribution in [-0.2, 0) is 11.2 Å². The fourth-order valence-corrected chi connectivity index (χ4v) is 2.83. The topological polar surface area (TPSA) is 20.3 Å². The third-order valence-electron chi connectivity index (χ3n) is 3.89. The van der Waals surface area contributed by atoms with Gasteiger partial charge in [0, 0.05) is 24.0 Å². The highest BCUT2D eigenvalue weighted by Gasteiger charge is 2.22. The van der Waals surface area contributed by atoms with Crippen molar-refractivity contribution < 1.29 is 4.79 Å². The largest absolute Gasteiger partial charge is 0.340 e. The van der Waals surface area contributed by atoms with Crippen molar-refractivity contribution in [3.63, 3.8) is 0 Å². The Balaban J connectivity index is 1.75. The highest BCUT2D eigenvalue weighted by Crippen LogP contribution is 2.18. The first-order chi connectivity index (χ1) is 9.16. The molecular weight excluding hydrogens is 258 g/mol. The van der Waals surface area contributed by atoms with Crippen LogP contribution in [0, 0.1) is 0 Å². The van der Waals surface area contributed by atoms with Crippen LogP contribution in [0.4, 0.5) is 0 Å². The molecule has 0 N–H and O–H groups in total. The summed E-state index contributed by atoms with van der Waals surface area (Å²) in [5.41, 5.74) is 1.25. The molecule has 1 amide bonds. The summed E-state index contributed by atoms with van der Waals surface area (Å²) in [4.78, 5) is 14.2. The van der Waals surface area contributed by atoms with Crippen LogP contribution in [0.1, 0.15) is 44.6 Å². The summed E-state index contributed by atoms with van der Waals surface area (Å²) in [7, 11) is 0. The van der Waals surface area contributed by atoms with Crippen molar-refractivity contribution in [3.8, 4) is 0 Å². The Bertz CT molecular complexity index is 415. The van der Waals surface area contributed by atoms with E-state index in [1.807, 2.05) is 24.3 Å². The summed E-state index contributed by atoms with van der Waals surface area (Å²) in [5.74, 6) is 0.321. The second kappa shape index (κ2) is 6.95. The average molecular weight is 280 g/mol. The molecule has 2 nitrogen and oxygen atoms in total. The highest BCUT2D eigenvalue weighted by molar-refractivity contribution is 6.30. The predicted molar refractivity (Wildman–Crippen MR) is 79.4 cm³/mol. The van der Waals surface area contributed by atoms with Crippen LogP contribution >= 0.6 is 11.6 Å². The zero-order valence-corrected chi connectivity index (χ0v) is 12.3. The van der Waals surface area contributed by atoms with E-state index in [2.05, 4.69) is 11.8 Å². The number of likely N-dealkylation sites (tertiary alicyclic amines) is 1. The SMILES string of the molecule is CC1CCCCN1C(=O)CCCc1ccc(Cl)cc1. The zero-order valence-electron chi connectivity index (χ0n) is 11.6. The monoisotopic (exact) mass is 279 g/mol. The minimum Gasteiger partial charge on any atom is -0.340 e. The summed E-state index contributed by atoms with van der Waals surface area (Å²) >= 11 is 5.85. The summed E-state index contributed by atoms with van der Waals surface area (Å²) in [6.07, 6.45) is 6.10. The van der Waals surface area contributed by atoms with E-state index in [0.29, 0.717) is 18.4 Å². The maximum absolute atomic E-state index is 12.2. The van der Waals surface area contributed by atoms with Crippen molar-refractivity contribution in [2.45, 2.75) is 51.5 Å². The number of benzene rings is 1. The molecule has 2 rings (SSSR count). The molecule has 1 aliphatic rings. The van der Waals surface area contributed by atoms with E-state index in [0.717, 1.165) is 37.3 Å². The van der Waals surface area contributed by atoms with E-state index < -0.39 is 0 Å². The van der Waals surface area contributed by atoms with Crippen molar-refractivity contribution in [1.29, 1.82) is 0 Å². The Morgan fingerprint density at radius 1 is 1.32 bits per heavy atom. The highest BCUT2D eigenvalue weighted by atomic mass is 35.5. The van der Waals surface area contributed by atoms with Gasteiger partial charge < -0.3 is 4.90 Å². The maximum Gasteiger partial charge on any atom is 0.222 e. The van der Waals surface area contributed by atoms with Gasteiger partial charge in [-0.2, -0.15) is 0 Å². The Kier molecular flexibility index (Phi) is 5.26. The molecule has 1 saturated heterocycles. The molecule has 1 aromatic carbocycles. The van der Waals surface area contributed by atoms with Gasteiger partial charge >= 0.3 is 0 Å². The van der Waals surface area contributed by atoms with Crippen LogP contribution in [0.25, 0.3) is 0 Å². The van der Waals surface area contributed by atoms with Crippen LogP contribution in [0.5, 0.6) is 0 Å². The zero-order chi connectivity index (χ0) is 13.7. The fourth-order valence-electron chi connectivity index (χ4n) is 2.71. The van der Waals surface area contributed by atoms with Crippen molar-refractivity contribution in [1.82, 2.24) is 4.90 Å². The lowest BCUT2D eigenvalue weighted by atomic mass is 10.0. The summed E-state index contributed by atoms with van der Waals surface area (Å²) in [6, 6.07) is 8.32. The van der Waals surface area contributed by atoms with E-state index in [1.54, 1.807) is 0 Å². The van der Waals surface area contributed by atoms with Gasteiger partial charge in [0.25, 0.3) is 0 Å². The third-order valence-corrected chi connectivity index (χ3v) is 4.14. The van der Waals surface area contributed by atoms with Gasteiger partial charge in [-0.3, -0.25) is 4.79 Å². The molecule has 0 aromatic heterocycles. The van der Waals surface area contributed by atoms with Gasteiger partial charge in [0.2, 0.25) is 5.91 Å². The van der Waals surface area contributed by atoms with E-state index in [4.69, 9.17) is 11.6 Å². The fraction of sp³-hybridized carbons (Fsp3) is 0.562. The predicted octanol–water partition coefficient (Wildman–Crippen LogP) is 4.06. The first-order valence-corrected chi connectivity index (χ1v) is 7.58. The van der Waals surface area contributed by atoms with Gasteiger partial charge in [-0.25, -0.2) is 0 Å². The number of halogens is 1. The smallest absolute Gasteiger partial charge is 0.222 e. The Morgan fingerprint density at radius 3 is 2.74 bits per heavy atom. The lowest BCUT2D eigenvalue weighted by Crippen LogP contribution is -2.41. The third kappa shape index (κ3) is 4.24. The van der Waals surface area contributed by atoms with Crippen molar-refractivity contribution >= 4 is 17.5 Å². The van der Waals surface area contributed by atoms with Gasteiger partial charge in [-0.05, 0) is 56.7 Å². The molecule has 0 bridgehead atoms. The van der Waals surface area contributed by atoms with E-state index in [-0.39, 0.29) is 0 Å². The Morgan fingerprint density at radius 2 is 2.05 bits per heavy atom. The normalized spacial score (nSPS) is 19.5. The number of carbonyl (C=O) groups excluding carboxylic acids is 1. The maximum atomic E-state index is 12.2. The first kappa shape index (κ1) is 14.4. The number of hydrogen-bond donors (Lipinski definition) is 0. The van der Waals surface area contributed by atoms with Gasteiger partial charge in [-0.1, -0.05) is 23.7 Å². The number of aryl methyl sites for hydroxylation is 1. The van der Waals surface area contributed by atoms with Crippen LogP contribution in [-0.4, -0.2) is 23.4 Å². The quantitative estimate of drug-likeness (QED) is 0.814. The molecule has 1 heterocycles. The minimum atomic E-state index is 0.321. The van der Waals surface area contributed by atoms with E-state index in [9.17, 15) is 4.79 Å². The molecule has 19 heavy (non-hydrogen) atoms. The Hall–Kier alpha value is -1.02. The number of nitrogens with zero attached hydrogens (tertiary/aromatic N) is 1. The van der Waals surface area contributed by atoms with Gasteiger partial charge in [0.1, 0.15) is 0 Å². The van der Waals surface area contributed by atoms with Crippen LogP contribution < -0.4 is 0 Å². The number of piperidine rings is 1. The second-order valence-corrected chi connectivity index (χ2v) is 5.85. The van der Waals surface area contributed by atoms with E-state index in [1.165, 1.54) is 12.0 Å². The number of amides is 1. The standard InChI is InChI=1S/C16H22ClNO/c1-13-5-2-3-12-18(13)16(19)7-4-6-14-8-10-15(17)11-9-14/h8-11,13H,2-7,12H2,1H3. The molecule has 1 atom stereocenters. The molecule has 0 aliphatic carbocycles. The molecule has 0 spiro atoms. The lowest BCUT2D eigenvalue weighted by molar-refractivity contribution is -0.134. The number of rotatable bonds is 4. The average Bonchev–Trinajstić information content (AvgIpc) is 2.41. The van der Waals surface area contributed by atoms with Crippen LogP contribution in [0.3, 0.4) is 0 Å². The minimum absolute atomic E-state index is 0.321. The summed E-state index contributed by atoms with van der Waals surface area (Å²) in [6.45, 7) is 3.11. The molecule has 1 fully saturated rings. The molecule has 1 aliphatic heterocycles. The number of hydrogen-bond acceptors (Lipinski definition) is 1. The molecule has 1 unspecified atom stereocenters. The summed E-state index contributed by atoms with van der Waals surface area (Å²) in [5, 5.41) is 0.766. The molecule has 1 aromatic rings. The molecule has 0 radical (unpaired) electrons. The Labute approximate surface area is 120 Å². The second-order valence-electron chi connectivity index (χ2n) is 5.41.